The number of para-hydroxylation sites is 1. The summed E-state index contributed by atoms with van der Waals surface area (Å²) in [5.74, 6) is -1.18. The monoisotopic (exact) mass is 209 g/mol. The number of carboxylic acid groups (broad SMARTS) is 2. The summed E-state index contributed by atoms with van der Waals surface area (Å²) in [4.78, 5) is 22.4. The smallest absolute Gasteiger partial charge is 0.412 e. The van der Waals surface area contributed by atoms with E-state index in [9.17, 15) is 9.59 Å². The van der Waals surface area contributed by atoms with Crippen molar-refractivity contribution >= 4 is 17.7 Å². The van der Waals surface area contributed by atoms with Gasteiger partial charge in [-0.05, 0) is 19.1 Å². The fraction of sp³-hybridized carbons (Fsp3) is 0.200. The Balaban J connectivity index is 3.04. The minimum Gasteiger partial charge on any atom is -0.480 e. The fourth-order valence-corrected chi connectivity index (χ4v) is 1.20. The van der Waals surface area contributed by atoms with Gasteiger partial charge in [0.25, 0.3) is 0 Å². The molecule has 0 spiro atoms. The molecular weight excluding hydrogens is 198 g/mol. The Labute approximate surface area is 86.6 Å². The number of anilines is 1. The molecule has 1 aromatic rings. The Hall–Kier alpha value is -2.04. The third-order valence-electron chi connectivity index (χ3n) is 1.99. The molecule has 0 saturated heterocycles. The van der Waals surface area contributed by atoms with E-state index >= 15 is 0 Å². The lowest BCUT2D eigenvalue weighted by molar-refractivity contribution is -0.138. The van der Waals surface area contributed by atoms with Gasteiger partial charge in [0.1, 0.15) is 6.04 Å². The van der Waals surface area contributed by atoms with Crippen LogP contribution in [0.25, 0.3) is 0 Å². The maximum Gasteiger partial charge on any atom is 0.412 e. The molecule has 1 rings (SSSR count). The molecule has 0 saturated carbocycles. The zero-order valence-corrected chi connectivity index (χ0v) is 8.12. The van der Waals surface area contributed by atoms with Crippen LogP contribution in [0.4, 0.5) is 10.5 Å². The Morgan fingerprint density at radius 2 is 1.73 bits per heavy atom. The Kier molecular flexibility index (Phi) is 3.28. The first-order valence-corrected chi connectivity index (χ1v) is 4.34. The van der Waals surface area contributed by atoms with E-state index in [4.69, 9.17) is 10.2 Å². The highest BCUT2D eigenvalue weighted by Gasteiger charge is 2.26. The van der Waals surface area contributed by atoms with E-state index in [1.807, 2.05) is 0 Å². The number of amides is 1. The second-order valence-electron chi connectivity index (χ2n) is 3.00. The third kappa shape index (κ3) is 2.46. The number of carboxylic acids is 1. The number of hydrogen-bond donors (Lipinski definition) is 2. The van der Waals surface area contributed by atoms with Crippen molar-refractivity contribution in [2.75, 3.05) is 4.90 Å². The minimum absolute atomic E-state index is 0.347. The Morgan fingerprint density at radius 3 is 2.13 bits per heavy atom. The molecule has 0 bridgehead atoms. The summed E-state index contributed by atoms with van der Waals surface area (Å²) in [7, 11) is 0. The van der Waals surface area contributed by atoms with Gasteiger partial charge in [-0.2, -0.15) is 0 Å². The number of rotatable bonds is 3. The first-order valence-electron chi connectivity index (χ1n) is 4.34. The quantitative estimate of drug-likeness (QED) is 0.793. The van der Waals surface area contributed by atoms with Crippen LogP contribution >= 0.6 is 0 Å². The highest BCUT2D eigenvalue weighted by molar-refractivity contribution is 5.93. The molecule has 2 N–H and O–H groups in total. The maximum atomic E-state index is 10.9. The van der Waals surface area contributed by atoms with E-state index in [1.54, 1.807) is 30.3 Å². The van der Waals surface area contributed by atoms with Crippen LogP contribution in [0.2, 0.25) is 0 Å². The molecule has 5 nitrogen and oxygen atoms in total. The second-order valence-corrected chi connectivity index (χ2v) is 3.00. The fourth-order valence-electron chi connectivity index (χ4n) is 1.20. The van der Waals surface area contributed by atoms with Crippen LogP contribution in [-0.4, -0.2) is 28.3 Å². The van der Waals surface area contributed by atoms with E-state index in [0.29, 0.717) is 5.69 Å². The average Bonchev–Trinajstić information content (AvgIpc) is 2.18. The van der Waals surface area contributed by atoms with E-state index in [0.717, 1.165) is 4.90 Å². The van der Waals surface area contributed by atoms with E-state index < -0.39 is 18.1 Å². The molecule has 1 aromatic carbocycles. The lowest BCUT2D eigenvalue weighted by Crippen LogP contribution is -2.42. The van der Waals surface area contributed by atoms with E-state index in [1.165, 1.54) is 6.92 Å². The van der Waals surface area contributed by atoms with Gasteiger partial charge in [0.15, 0.2) is 0 Å². The molecular formula is C10H11NO4. The molecule has 0 aliphatic heterocycles. The van der Waals surface area contributed by atoms with Crippen LogP contribution in [0.5, 0.6) is 0 Å². The minimum atomic E-state index is -1.28. The molecule has 1 amide bonds. The van der Waals surface area contributed by atoms with Crippen molar-refractivity contribution in [1.82, 2.24) is 0 Å². The number of aliphatic carboxylic acids is 1. The number of carbonyl (C=O) groups is 2. The first-order chi connectivity index (χ1) is 7.04. The van der Waals surface area contributed by atoms with Crippen LogP contribution in [0.15, 0.2) is 30.3 Å². The van der Waals surface area contributed by atoms with Crippen LogP contribution in [0.1, 0.15) is 6.92 Å². The van der Waals surface area contributed by atoms with Crippen LogP contribution in [0, 0.1) is 0 Å². The van der Waals surface area contributed by atoms with Crippen molar-refractivity contribution in [2.24, 2.45) is 0 Å². The zero-order chi connectivity index (χ0) is 11.4. The molecule has 1 unspecified atom stereocenters. The van der Waals surface area contributed by atoms with Crippen molar-refractivity contribution in [3.8, 4) is 0 Å². The number of hydrogen-bond acceptors (Lipinski definition) is 2. The molecule has 0 radical (unpaired) electrons. The summed E-state index contributed by atoms with van der Waals surface area (Å²) < 4.78 is 0. The summed E-state index contributed by atoms with van der Waals surface area (Å²) in [5.41, 5.74) is 0.347. The van der Waals surface area contributed by atoms with Gasteiger partial charge >= 0.3 is 12.1 Å². The Bertz CT molecular complexity index is 363. The van der Waals surface area contributed by atoms with Crippen molar-refractivity contribution in [3.63, 3.8) is 0 Å². The second kappa shape index (κ2) is 4.45. The predicted molar refractivity (Wildman–Crippen MR) is 54.0 cm³/mol. The van der Waals surface area contributed by atoms with Crippen molar-refractivity contribution in [1.29, 1.82) is 0 Å². The topological polar surface area (TPSA) is 77.8 Å². The number of benzene rings is 1. The zero-order valence-electron chi connectivity index (χ0n) is 8.12. The molecule has 0 aliphatic rings. The lowest BCUT2D eigenvalue weighted by atomic mass is 10.2. The molecule has 0 heterocycles. The van der Waals surface area contributed by atoms with Crippen LogP contribution < -0.4 is 4.90 Å². The highest BCUT2D eigenvalue weighted by Crippen LogP contribution is 2.16. The SMILES string of the molecule is CC(C(=O)O)N(C(=O)O)c1ccccc1. The standard InChI is InChI=1S/C10H11NO4/c1-7(9(12)13)11(10(14)15)8-5-3-2-4-6-8/h2-7H,1H3,(H,12,13)(H,14,15). The van der Waals surface area contributed by atoms with Gasteiger partial charge in [0, 0.05) is 5.69 Å². The van der Waals surface area contributed by atoms with Gasteiger partial charge in [0.05, 0.1) is 0 Å². The molecule has 15 heavy (non-hydrogen) atoms. The van der Waals surface area contributed by atoms with Gasteiger partial charge < -0.3 is 10.2 Å². The maximum absolute atomic E-state index is 10.9. The van der Waals surface area contributed by atoms with Crippen LogP contribution in [-0.2, 0) is 4.79 Å². The average molecular weight is 209 g/mol. The van der Waals surface area contributed by atoms with Crippen LogP contribution in [0.3, 0.4) is 0 Å². The Morgan fingerprint density at radius 1 is 1.20 bits per heavy atom. The molecule has 0 aromatic heterocycles. The largest absolute Gasteiger partial charge is 0.480 e. The van der Waals surface area contributed by atoms with Gasteiger partial charge in [-0.1, -0.05) is 18.2 Å². The normalized spacial score (nSPS) is 11.8. The first kappa shape index (κ1) is 11.0. The molecule has 0 aliphatic carbocycles. The van der Waals surface area contributed by atoms with E-state index in [2.05, 4.69) is 0 Å². The molecule has 0 fully saturated rings. The molecule has 5 heteroatoms. The third-order valence-corrected chi connectivity index (χ3v) is 1.99. The van der Waals surface area contributed by atoms with Gasteiger partial charge in [-0.25, -0.2) is 9.59 Å². The molecule has 1 atom stereocenters. The van der Waals surface area contributed by atoms with Gasteiger partial charge in [-0.3, -0.25) is 4.90 Å². The van der Waals surface area contributed by atoms with Gasteiger partial charge in [0.2, 0.25) is 0 Å². The predicted octanol–water partition coefficient (Wildman–Crippen LogP) is 1.64. The highest BCUT2D eigenvalue weighted by atomic mass is 16.4. The van der Waals surface area contributed by atoms with Crippen molar-refractivity contribution in [2.45, 2.75) is 13.0 Å². The number of nitrogens with zero attached hydrogens (tertiary/aromatic N) is 1. The summed E-state index contributed by atoms with van der Waals surface area (Å²) in [6, 6.07) is 7.03. The lowest BCUT2D eigenvalue weighted by Gasteiger charge is -2.23. The molecule has 80 valence electrons. The van der Waals surface area contributed by atoms with Crippen molar-refractivity contribution in [3.05, 3.63) is 30.3 Å². The van der Waals surface area contributed by atoms with E-state index in [-0.39, 0.29) is 0 Å². The van der Waals surface area contributed by atoms with Gasteiger partial charge in [-0.15, -0.1) is 0 Å². The van der Waals surface area contributed by atoms with Crippen molar-refractivity contribution < 1.29 is 19.8 Å². The summed E-state index contributed by atoms with van der Waals surface area (Å²) in [5, 5.41) is 17.7. The summed E-state index contributed by atoms with van der Waals surface area (Å²) in [6.45, 7) is 1.32. The summed E-state index contributed by atoms with van der Waals surface area (Å²) in [6.07, 6.45) is -1.28. The summed E-state index contributed by atoms with van der Waals surface area (Å²) >= 11 is 0.